The maximum Gasteiger partial charge on any atom is 0.0787 e. The van der Waals surface area contributed by atoms with Gasteiger partial charge in [-0.3, -0.25) is 0 Å². The van der Waals surface area contributed by atoms with Crippen LogP contribution in [0.5, 0.6) is 0 Å². The summed E-state index contributed by atoms with van der Waals surface area (Å²) in [4.78, 5) is 2.54. The SMILES string of the molecule is COC1Cc2ccccc2N(CC2CCNCC2)C1. The number of piperidine rings is 1. The lowest BCUT2D eigenvalue weighted by molar-refractivity contribution is 0.103. The summed E-state index contributed by atoms with van der Waals surface area (Å²) in [5, 5.41) is 3.45. The molecule has 3 nitrogen and oxygen atoms in total. The number of methoxy groups -OCH3 is 1. The number of hydrogen-bond acceptors (Lipinski definition) is 3. The number of ether oxygens (including phenoxy) is 1. The molecule has 104 valence electrons. The third-order valence-corrected chi connectivity index (χ3v) is 4.47. The second-order valence-corrected chi connectivity index (χ2v) is 5.79. The first-order chi connectivity index (χ1) is 9.36. The molecule has 0 bridgehead atoms. The molecule has 0 saturated carbocycles. The van der Waals surface area contributed by atoms with E-state index in [0.29, 0.717) is 6.10 Å². The van der Waals surface area contributed by atoms with E-state index in [0.717, 1.165) is 18.9 Å². The van der Waals surface area contributed by atoms with E-state index in [9.17, 15) is 0 Å². The van der Waals surface area contributed by atoms with Crippen molar-refractivity contribution in [2.24, 2.45) is 5.92 Å². The topological polar surface area (TPSA) is 24.5 Å². The van der Waals surface area contributed by atoms with Gasteiger partial charge >= 0.3 is 0 Å². The smallest absolute Gasteiger partial charge is 0.0787 e. The van der Waals surface area contributed by atoms with Crippen molar-refractivity contribution >= 4 is 5.69 Å². The van der Waals surface area contributed by atoms with Gasteiger partial charge in [0.15, 0.2) is 0 Å². The van der Waals surface area contributed by atoms with Crippen LogP contribution in [0.25, 0.3) is 0 Å². The lowest BCUT2D eigenvalue weighted by atomic mass is 9.94. The fraction of sp³-hybridized carbons (Fsp3) is 0.625. The molecule has 1 fully saturated rings. The maximum absolute atomic E-state index is 5.61. The van der Waals surface area contributed by atoms with Gasteiger partial charge in [0.05, 0.1) is 6.10 Å². The zero-order valence-corrected chi connectivity index (χ0v) is 11.8. The van der Waals surface area contributed by atoms with E-state index in [1.165, 1.54) is 43.7 Å². The summed E-state index contributed by atoms with van der Waals surface area (Å²) in [7, 11) is 1.83. The standard InChI is InChI=1S/C16H24N2O/c1-19-15-10-14-4-2-3-5-16(14)18(12-15)11-13-6-8-17-9-7-13/h2-5,13,15,17H,6-12H2,1H3. The van der Waals surface area contributed by atoms with Crippen molar-refractivity contribution in [3.05, 3.63) is 29.8 Å². The lowest BCUT2D eigenvalue weighted by Crippen LogP contribution is -2.43. The van der Waals surface area contributed by atoms with Crippen LogP contribution >= 0.6 is 0 Å². The Bertz CT molecular complexity index is 415. The molecule has 0 amide bonds. The van der Waals surface area contributed by atoms with E-state index in [4.69, 9.17) is 4.74 Å². The highest BCUT2D eigenvalue weighted by molar-refractivity contribution is 5.56. The summed E-state index contributed by atoms with van der Waals surface area (Å²) < 4.78 is 5.61. The van der Waals surface area contributed by atoms with Gasteiger partial charge < -0.3 is 15.0 Å². The molecule has 0 aliphatic carbocycles. The van der Waals surface area contributed by atoms with Gasteiger partial charge in [0.2, 0.25) is 0 Å². The molecule has 0 radical (unpaired) electrons. The van der Waals surface area contributed by atoms with Crippen LogP contribution in [0.3, 0.4) is 0 Å². The van der Waals surface area contributed by atoms with Crippen LogP contribution in [-0.2, 0) is 11.2 Å². The summed E-state index contributed by atoms with van der Waals surface area (Å²) in [5.74, 6) is 0.824. The van der Waals surface area contributed by atoms with Gasteiger partial charge in [0, 0.05) is 32.3 Å². The molecular formula is C16H24N2O. The fourth-order valence-corrected chi connectivity index (χ4v) is 3.35. The number of nitrogens with zero attached hydrogens (tertiary/aromatic N) is 1. The van der Waals surface area contributed by atoms with Crippen LogP contribution < -0.4 is 10.2 Å². The Kier molecular flexibility index (Phi) is 4.04. The van der Waals surface area contributed by atoms with Crippen molar-refractivity contribution in [1.82, 2.24) is 5.32 Å². The molecule has 3 rings (SSSR count). The summed E-state index contributed by atoms with van der Waals surface area (Å²) >= 11 is 0. The third-order valence-electron chi connectivity index (χ3n) is 4.47. The van der Waals surface area contributed by atoms with Crippen LogP contribution in [0.4, 0.5) is 5.69 Å². The lowest BCUT2D eigenvalue weighted by Gasteiger charge is -2.38. The third kappa shape index (κ3) is 2.93. The van der Waals surface area contributed by atoms with Crippen molar-refractivity contribution in [3.63, 3.8) is 0 Å². The number of benzene rings is 1. The largest absolute Gasteiger partial charge is 0.379 e. The Hall–Kier alpha value is -1.06. The Morgan fingerprint density at radius 2 is 2.05 bits per heavy atom. The number of fused-ring (bicyclic) bond motifs is 1. The average Bonchev–Trinajstić information content (AvgIpc) is 2.48. The molecular weight excluding hydrogens is 236 g/mol. The second kappa shape index (κ2) is 5.93. The van der Waals surface area contributed by atoms with E-state index in [-0.39, 0.29) is 0 Å². The highest BCUT2D eigenvalue weighted by Crippen LogP contribution is 2.29. The number of nitrogens with one attached hydrogen (secondary N) is 1. The van der Waals surface area contributed by atoms with Crippen molar-refractivity contribution in [2.45, 2.75) is 25.4 Å². The van der Waals surface area contributed by atoms with E-state index < -0.39 is 0 Å². The molecule has 1 aromatic carbocycles. The summed E-state index contributed by atoms with van der Waals surface area (Å²) in [6, 6.07) is 8.80. The van der Waals surface area contributed by atoms with E-state index in [1.807, 2.05) is 7.11 Å². The van der Waals surface area contributed by atoms with Gasteiger partial charge in [-0.1, -0.05) is 18.2 Å². The van der Waals surface area contributed by atoms with Crippen LogP contribution in [0, 0.1) is 5.92 Å². The minimum atomic E-state index is 0.344. The Balaban J connectivity index is 1.75. The summed E-state index contributed by atoms with van der Waals surface area (Å²) in [6.07, 6.45) is 4.00. The Morgan fingerprint density at radius 3 is 2.84 bits per heavy atom. The van der Waals surface area contributed by atoms with E-state index >= 15 is 0 Å². The highest BCUT2D eigenvalue weighted by Gasteiger charge is 2.26. The number of hydrogen-bond donors (Lipinski definition) is 1. The van der Waals surface area contributed by atoms with Crippen LogP contribution in [0.2, 0.25) is 0 Å². The van der Waals surface area contributed by atoms with Crippen LogP contribution in [0.1, 0.15) is 18.4 Å². The maximum atomic E-state index is 5.61. The molecule has 2 aliphatic heterocycles. The summed E-state index contributed by atoms with van der Waals surface area (Å²) in [6.45, 7) is 4.57. The normalized spacial score (nSPS) is 24.3. The quantitative estimate of drug-likeness (QED) is 0.900. The minimum Gasteiger partial charge on any atom is -0.379 e. The van der Waals surface area contributed by atoms with Gasteiger partial charge in [-0.2, -0.15) is 0 Å². The van der Waals surface area contributed by atoms with Crippen LogP contribution in [0.15, 0.2) is 24.3 Å². The first-order valence-corrected chi connectivity index (χ1v) is 7.43. The van der Waals surface area contributed by atoms with Crippen molar-refractivity contribution in [1.29, 1.82) is 0 Å². The van der Waals surface area contributed by atoms with Crippen molar-refractivity contribution < 1.29 is 4.74 Å². The molecule has 0 spiro atoms. The monoisotopic (exact) mass is 260 g/mol. The summed E-state index contributed by atoms with van der Waals surface area (Å²) in [5.41, 5.74) is 2.86. The van der Waals surface area contributed by atoms with Gasteiger partial charge in [-0.25, -0.2) is 0 Å². The van der Waals surface area contributed by atoms with Gasteiger partial charge in [0.1, 0.15) is 0 Å². The predicted molar refractivity (Wildman–Crippen MR) is 78.7 cm³/mol. The van der Waals surface area contributed by atoms with Crippen LogP contribution in [-0.4, -0.2) is 39.4 Å². The number of rotatable bonds is 3. The van der Waals surface area contributed by atoms with E-state index in [2.05, 4.69) is 34.5 Å². The fourth-order valence-electron chi connectivity index (χ4n) is 3.35. The zero-order chi connectivity index (χ0) is 13.1. The molecule has 1 saturated heterocycles. The minimum absolute atomic E-state index is 0.344. The average molecular weight is 260 g/mol. The molecule has 1 atom stereocenters. The molecule has 0 aromatic heterocycles. The first kappa shape index (κ1) is 12.9. The van der Waals surface area contributed by atoms with Crippen molar-refractivity contribution in [2.75, 3.05) is 38.2 Å². The molecule has 1 aromatic rings. The Morgan fingerprint density at radius 1 is 1.26 bits per heavy atom. The predicted octanol–water partition coefficient (Wildman–Crippen LogP) is 2.06. The number of anilines is 1. The molecule has 1 unspecified atom stereocenters. The van der Waals surface area contributed by atoms with E-state index in [1.54, 1.807) is 0 Å². The molecule has 2 aliphatic rings. The number of para-hydroxylation sites is 1. The molecule has 3 heteroatoms. The van der Waals surface area contributed by atoms with Crippen molar-refractivity contribution in [3.8, 4) is 0 Å². The van der Waals surface area contributed by atoms with Gasteiger partial charge in [0.25, 0.3) is 0 Å². The molecule has 19 heavy (non-hydrogen) atoms. The Labute approximate surface area is 115 Å². The zero-order valence-electron chi connectivity index (χ0n) is 11.8. The second-order valence-electron chi connectivity index (χ2n) is 5.79. The first-order valence-electron chi connectivity index (χ1n) is 7.43. The highest BCUT2D eigenvalue weighted by atomic mass is 16.5. The van der Waals surface area contributed by atoms with Gasteiger partial charge in [-0.15, -0.1) is 0 Å². The molecule has 1 N–H and O–H groups in total. The molecule has 2 heterocycles. The van der Waals surface area contributed by atoms with Gasteiger partial charge in [-0.05, 0) is 43.5 Å².